The van der Waals surface area contributed by atoms with Crippen LogP contribution in [0.5, 0.6) is 5.75 Å². The molecule has 14 heteroatoms. The molecular weight excluding hydrogens is 674 g/mol. The molecule has 0 fully saturated rings. The Hall–Kier alpha value is -1.91. The molecule has 0 aliphatic carbocycles. The van der Waals surface area contributed by atoms with Crippen molar-refractivity contribution >= 4 is 92.7 Å². The van der Waals surface area contributed by atoms with Crippen LogP contribution in [0.15, 0.2) is 80.9 Å². The van der Waals surface area contributed by atoms with E-state index in [-0.39, 0.29) is 33.2 Å². The van der Waals surface area contributed by atoms with Crippen LogP contribution in [0.4, 0.5) is 11.4 Å². The zero-order valence-electron chi connectivity index (χ0n) is 18.7. The van der Waals surface area contributed by atoms with Crippen molar-refractivity contribution < 1.29 is 37.3 Å². The number of aromatic hydroxyl groups is 1. The van der Waals surface area contributed by atoms with E-state index in [0.717, 1.165) is 5.56 Å². The Morgan fingerprint density at radius 2 is 1.14 bits per heavy atom. The Kier molecular flexibility index (Phi) is 15.7. The number of benzene rings is 3. The second-order valence-corrected chi connectivity index (χ2v) is 8.47. The van der Waals surface area contributed by atoms with Crippen LogP contribution in [0, 0.1) is 6.92 Å². The summed E-state index contributed by atoms with van der Waals surface area (Å²) in [6.45, 7) is 1.88. The van der Waals surface area contributed by atoms with Crippen LogP contribution in [0.2, 0.25) is 10.0 Å². The number of nitrogens with one attached hydrogen (secondary N) is 2. The van der Waals surface area contributed by atoms with Crippen LogP contribution in [-0.4, -0.2) is 27.9 Å². The monoisotopic (exact) mass is 689 g/mol. The Labute approximate surface area is 259 Å². The molecule has 0 radical (unpaired) electrons. The van der Waals surface area contributed by atoms with Gasteiger partial charge in [0.05, 0.1) is 23.8 Å². The predicted octanol–water partition coefficient (Wildman–Crippen LogP) is 6.01. The molecule has 0 aromatic heterocycles. The average molecular weight is 692 g/mol. The number of rotatable bonds is 6. The molecule has 0 amide bonds. The number of aryl methyl sites for hydroxylation is 1. The average Bonchev–Trinajstić information content (AvgIpc) is 2.86. The van der Waals surface area contributed by atoms with Crippen molar-refractivity contribution in [3.05, 3.63) is 87.4 Å². The van der Waals surface area contributed by atoms with Gasteiger partial charge in [0.25, 0.3) is 0 Å². The fraction of sp³-hybridized carbons (Fsp3) is 0.0435. The van der Waals surface area contributed by atoms with Gasteiger partial charge in [-0.25, -0.2) is 0 Å². The molecule has 0 saturated heterocycles. The first kappa shape index (κ1) is 33.1. The van der Waals surface area contributed by atoms with Gasteiger partial charge in [-0.1, -0.05) is 23.2 Å². The second kappa shape index (κ2) is 17.6. The maximum absolute atomic E-state index is 10.6. The summed E-state index contributed by atoms with van der Waals surface area (Å²) in [5.74, 6) is -0.0113. The van der Waals surface area contributed by atoms with Crippen molar-refractivity contribution in [3.63, 3.8) is 0 Å². The molecule has 0 heterocycles. The molecule has 0 aliphatic rings. The van der Waals surface area contributed by atoms with Crippen LogP contribution < -0.4 is 10.9 Å². The quantitative estimate of drug-likeness (QED) is 0.0969. The van der Waals surface area contributed by atoms with Crippen LogP contribution in [-0.2, 0) is 57.4 Å². The molecule has 3 rings (SSSR count). The Bertz CT molecular complexity index is 1180. The number of phenolic OH excluding ortho intramolecular Hbond substituents is 1. The first-order chi connectivity index (χ1) is 17.3. The van der Waals surface area contributed by atoms with E-state index in [1.54, 1.807) is 60.7 Å². The van der Waals surface area contributed by atoms with E-state index < -0.39 is 0 Å². The van der Waals surface area contributed by atoms with Gasteiger partial charge in [-0.15, -0.1) is 0 Å². The summed E-state index contributed by atoms with van der Waals surface area (Å²) in [6, 6.07) is 17.3. The van der Waals surface area contributed by atoms with Crippen LogP contribution in [0.1, 0.15) is 16.7 Å². The number of halogens is 3. The topological polar surface area (TPSA) is 93.7 Å². The summed E-state index contributed by atoms with van der Waals surface area (Å²) in [4.78, 5) is 8.42. The Morgan fingerprint density at radius 3 is 1.49 bits per heavy atom. The molecule has 0 spiro atoms. The van der Waals surface area contributed by atoms with E-state index in [4.69, 9.17) is 48.5 Å². The molecular formula is C23H18Cl3Cu2N6OS2. The molecule has 0 bridgehead atoms. The molecule has 0 atom stereocenters. The summed E-state index contributed by atoms with van der Waals surface area (Å²) < 4.78 is 0. The van der Waals surface area contributed by atoms with Gasteiger partial charge in [0.2, 0.25) is 0 Å². The van der Waals surface area contributed by atoms with Gasteiger partial charge in [-0.05, 0) is 73.2 Å². The molecule has 0 aliphatic heterocycles. The van der Waals surface area contributed by atoms with E-state index in [9.17, 15) is 5.11 Å². The zero-order chi connectivity index (χ0) is 26.5. The SMILES string of the molecule is Cc1cc(/C=N/NC([S-])=Nc2ccc(Cl)cc2)c(O)c(/C=N/NC([S-])=Nc2ccc(Cl)cc2)c1.[Cl][Cu+].[Cu+]. The first-order valence-electron chi connectivity index (χ1n) is 9.86. The van der Waals surface area contributed by atoms with E-state index in [1.165, 1.54) is 12.4 Å². The van der Waals surface area contributed by atoms with Crippen molar-refractivity contribution in [1.29, 1.82) is 0 Å². The predicted molar refractivity (Wildman–Crippen MR) is 152 cm³/mol. The molecule has 37 heavy (non-hydrogen) atoms. The van der Waals surface area contributed by atoms with Crippen LogP contribution in [0.25, 0.3) is 0 Å². The minimum atomic E-state index is -0.0113. The largest absolute Gasteiger partial charge is 1.00 e. The number of hydrogen-bond acceptors (Lipinski definition) is 7. The van der Waals surface area contributed by atoms with E-state index in [2.05, 4.69) is 56.2 Å². The maximum atomic E-state index is 10.6. The van der Waals surface area contributed by atoms with Gasteiger partial charge in [0.15, 0.2) is 0 Å². The van der Waals surface area contributed by atoms with Crippen molar-refractivity contribution in [1.82, 2.24) is 10.9 Å². The minimum Gasteiger partial charge on any atom is 1.00 e. The number of aliphatic imine (C=N–C) groups is 2. The summed E-state index contributed by atoms with van der Waals surface area (Å²) >= 11 is 25.7. The van der Waals surface area contributed by atoms with Gasteiger partial charge in [-0.3, -0.25) is 20.8 Å². The summed E-state index contributed by atoms with van der Waals surface area (Å²) in [6.07, 6.45) is 2.88. The van der Waals surface area contributed by atoms with E-state index in [1.807, 2.05) is 6.92 Å². The molecule has 3 aromatic carbocycles. The Balaban J connectivity index is 0.00000223. The molecule has 201 valence electrons. The summed E-state index contributed by atoms with van der Waals surface area (Å²) in [7, 11) is 4.20. The van der Waals surface area contributed by atoms with Gasteiger partial charge in [0.1, 0.15) is 5.75 Å². The van der Waals surface area contributed by atoms with Crippen LogP contribution >= 0.6 is 33.3 Å². The maximum Gasteiger partial charge on any atom is 1.00 e. The van der Waals surface area contributed by atoms with Crippen molar-refractivity contribution in [2.45, 2.75) is 6.92 Å². The first-order valence-corrected chi connectivity index (χ1v) is 12.7. The van der Waals surface area contributed by atoms with Crippen LogP contribution in [0.3, 0.4) is 0 Å². The normalized spacial score (nSPS) is 11.6. The number of hydrazone groups is 2. The number of phenols is 1. The fourth-order valence-electron chi connectivity index (χ4n) is 2.66. The van der Waals surface area contributed by atoms with Gasteiger partial charge in [0, 0.05) is 31.5 Å². The van der Waals surface area contributed by atoms with Crippen molar-refractivity contribution in [2.24, 2.45) is 20.2 Å². The smallest absolute Gasteiger partial charge is 1.00 e. The molecule has 7 nitrogen and oxygen atoms in total. The third-order valence-electron chi connectivity index (χ3n) is 4.16. The van der Waals surface area contributed by atoms with E-state index >= 15 is 0 Å². The van der Waals surface area contributed by atoms with Gasteiger partial charge >= 0.3 is 42.3 Å². The van der Waals surface area contributed by atoms with Crippen molar-refractivity contribution in [2.75, 3.05) is 0 Å². The van der Waals surface area contributed by atoms with Gasteiger partial charge in [-0.2, -0.15) is 10.2 Å². The third-order valence-corrected chi connectivity index (χ3v) is 5.02. The minimum absolute atomic E-state index is 0. The molecule has 0 saturated carbocycles. The molecule has 3 N–H and O–H groups in total. The van der Waals surface area contributed by atoms with Crippen molar-refractivity contribution in [3.8, 4) is 5.75 Å². The molecule has 0 unspecified atom stereocenters. The Morgan fingerprint density at radius 1 is 0.784 bits per heavy atom. The summed E-state index contributed by atoms with van der Waals surface area (Å²) in [5.41, 5.74) is 8.41. The number of hydrogen-bond donors (Lipinski definition) is 3. The third kappa shape index (κ3) is 12.0. The second-order valence-electron chi connectivity index (χ2n) is 6.82. The zero-order valence-corrected chi connectivity index (χ0v) is 24.5. The number of nitrogens with zero attached hydrogens (tertiary/aromatic N) is 4. The molecule has 3 aromatic rings. The number of amidine groups is 2. The van der Waals surface area contributed by atoms with E-state index in [0.29, 0.717) is 32.5 Å². The fourth-order valence-corrected chi connectivity index (χ4v) is 3.23. The standard InChI is InChI=1S/C23H20Cl2N6OS2.ClH.2Cu/c1-14-10-15(12-26-30-22(33)28-19-6-2-17(24)3-7-19)21(32)16(11-14)13-27-31-23(34)29-20-8-4-18(25)5-9-20;;;/h2-13,32H,1H3,(H2,28,30,33)(H2,29,31,34);1H;;/q;;+1;+2/p-3/b26-12+,27-13+;;;. The summed E-state index contributed by atoms with van der Waals surface area (Å²) in [5, 5.41) is 20.2. The van der Waals surface area contributed by atoms with Gasteiger partial charge < -0.3 is 30.4 Å².